The maximum atomic E-state index is 10.7. The highest BCUT2D eigenvalue weighted by Gasteiger charge is 2.27. The van der Waals surface area contributed by atoms with Crippen molar-refractivity contribution < 1.29 is 4.79 Å². The maximum Gasteiger partial charge on any atom is 0.218 e. The summed E-state index contributed by atoms with van der Waals surface area (Å²) < 4.78 is 0. The second kappa shape index (κ2) is 4.61. The number of rotatable bonds is 3. The minimum atomic E-state index is -0.273. The summed E-state index contributed by atoms with van der Waals surface area (Å²) in [5, 5.41) is 0. The van der Waals surface area contributed by atoms with E-state index < -0.39 is 0 Å². The van der Waals surface area contributed by atoms with Gasteiger partial charge in [-0.3, -0.25) is 4.79 Å². The van der Waals surface area contributed by atoms with Crippen LogP contribution in [0.3, 0.4) is 0 Å². The van der Waals surface area contributed by atoms with Gasteiger partial charge in [-0.1, -0.05) is 26.2 Å². The third-order valence-electron chi connectivity index (χ3n) is 3.16. The second-order valence-electron chi connectivity index (χ2n) is 4.26. The molecule has 2 unspecified atom stereocenters. The summed E-state index contributed by atoms with van der Waals surface area (Å²) in [4.78, 5) is 10.7. The van der Waals surface area contributed by atoms with Crippen LogP contribution < -0.4 is 11.5 Å². The number of hydrogen-bond acceptors (Lipinski definition) is 2. The second-order valence-corrected chi connectivity index (χ2v) is 4.26. The van der Waals surface area contributed by atoms with Gasteiger partial charge in [-0.2, -0.15) is 0 Å². The summed E-state index contributed by atoms with van der Waals surface area (Å²) in [5.74, 6) is 0.884. The lowest BCUT2D eigenvalue weighted by molar-refractivity contribution is -0.118. The molecule has 0 aromatic rings. The van der Waals surface area contributed by atoms with Gasteiger partial charge in [-0.15, -0.1) is 0 Å². The number of amides is 1. The summed E-state index contributed by atoms with van der Waals surface area (Å²) in [6, 6.07) is -0.0206. The smallest absolute Gasteiger partial charge is 0.218 e. The Hall–Kier alpha value is -0.570. The van der Waals surface area contributed by atoms with Crippen LogP contribution in [0.4, 0.5) is 0 Å². The molecule has 0 radical (unpaired) electrons. The van der Waals surface area contributed by atoms with Crippen molar-refractivity contribution in [1.29, 1.82) is 0 Å². The van der Waals surface area contributed by atoms with Gasteiger partial charge in [-0.05, 0) is 18.3 Å². The number of primary amides is 1. The first-order valence-electron chi connectivity index (χ1n) is 5.15. The van der Waals surface area contributed by atoms with Crippen molar-refractivity contribution in [3.63, 3.8) is 0 Å². The van der Waals surface area contributed by atoms with Gasteiger partial charge in [-0.25, -0.2) is 0 Å². The molecule has 1 aliphatic rings. The van der Waals surface area contributed by atoms with Crippen LogP contribution in [-0.4, -0.2) is 11.9 Å². The first-order valence-corrected chi connectivity index (χ1v) is 5.15. The number of carbonyl (C=O) groups is 1. The zero-order chi connectivity index (χ0) is 9.84. The van der Waals surface area contributed by atoms with Gasteiger partial charge < -0.3 is 11.5 Å². The highest BCUT2D eigenvalue weighted by molar-refractivity contribution is 5.74. The molecule has 0 heterocycles. The first kappa shape index (κ1) is 10.5. The van der Waals surface area contributed by atoms with E-state index in [9.17, 15) is 4.79 Å². The highest BCUT2D eigenvalue weighted by atomic mass is 16.1. The third kappa shape index (κ3) is 2.99. The fourth-order valence-electron chi connectivity index (χ4n) is 2.36. The van der Waals surface area contributed by atoms with Crippen LogP contribution in [0.1, 0.15) is 39.0 Å². The Morgan fingerprint density at radius 3 is 2.62 bits per heavy atom. The summed E-state index contributed by atoms with van der Waals surface area (Å²) in [5.41, 5.74) is 11.1. The molecule has 1 aliphatic carbocycles. The topological polar surface area (TPSA) is 69.1 Å². The van der Waals surface area contributed by atoms with Crippen molar-refractivity contribution >= 4 is 5.91 Å². The van der Waals surface area contributed by atoms with E-state index in [4.69, 9.17) is 11.5 Å². The highest BCUT2D eigenvalue weighted by Crippen LogP contribution is 2.31. The van der Waals surface area contributed by atoms with E-state index >= 15 is 0 Å². The van der Waals surface area contributed by atoms with E-state index in [-0.39, 0.29) is 11.9 Å². The van der Waals surface area contributed by atoms with Crippen molar-refractivity contribution in [1.82, 2.24) is 0 Å². The molecule has 0 bridgehead atoms. The maximum absolute atomic E-state index is 10.7. The van der Waals surface area contributed by atoms with E-state index in [0.717, 1.165) is 6.42 Å². The molecule has 1 amide bonds. The molecule has 0 spiro atoms. The fraction of sp³-hybridized carbons (Fsp3) is 0.900. The van der Waals surface area contributed by atoms with E-state index in [0.29, 0.717) is 18.3 Å². The standard InChI is InChI=1S/C10H20N2O/c1-7-4-2-3-5-8(7)9(11)6-10(12)13/h7-9H,2-6,11H2,1H3,(H2,12,13)/t7?,8?,9-/m0/s1. The van der Waals surface area contributed by atoms with Crippen LogP contribution in [0.25, 0.3) is 0 Å². The minimum Gasteiger partial charge on any atom is -0.370 e. The lowest BCUT2D eigenvalue weighted by atomic mass is 9.75. The van der Waals surface area contributed by atoms with Crippen molar-refractivity contribution in [2.24, 2.45) is 23.3 Å². The molecule has 1 rings (SSSR count). The van der Waals surface area contributed by atoms with Crippen LogP contribution in [0.2, 0.25) is 0 Å². The van der Waals surface area contributed by atoms with Crippen LogP contribution in [0.15, 0.2) is 0 Å². The summed E-state index contributed by atoms with van der Waals surface area (Å²) in [6.07, 6.45) is 5.31. The van der Waals surface area contributed by atoms with Crippen molar-refractivity contribution in [2.45, 2.75) is 45.1 Å². The Bertz CT molecular complexity index is 182. The summed E-state index contributed by atoms with van der Waals surface area (Å²) in [6.45, 7) is 2.23. The molecule has 0 saturated heterocycles. The van der Waals surface area contributed by atoms with Gasteiger partial charge in [0.05, 0.1) is 0 Å². The first-order chi connectivity index (χ1) is 6.11. The zero-order valence-corrected chi connectivity index (χ0v) is 8.33. The third-order valence-corrected chi connectivity index (χ3v) is 3.16. The van der Waals surface area contributed by atoms with Crippen LogP contribution in [-0.2, 0) is 4.79 Å². The molecule has 3 nitrogen and oxygen atoms in total. The molecule has 0 aromatic heterocycles. The molecule has 1 fully saturated rings. The molecular formula is C10H20N2O. The van der Waals surface area contributed by atoms with E-state index in [2.05, 4.69) is 6.92 Å². The summed E-state index contributed by atoms with van der Waals surface area (Å²) in [7, 11) is 0. The monoisotopic (exact) mass is 184 g/mol. The van der Waals surface area contributed by atoms with E-state index in [1.807, 2.05) is 0 Å². The van der Waals surface area contributed by atoms with Crippen molar-refractivity contribution in [3.8, 4) is 0 Å². The van der Waals surface area contributed by atoms with Gasteiger partial charge in [0.25, 0.3) is 0 Å². The zero-order valence-electron chi connectivity index (χ0n) is 8.33. The minimum absolute atomic E-state index is 0.0206. The lowest BCUT2D eigenvalue weighted by Gasteiger charge is -2.32. The Labute approximate surface area is 79.9 Å². The molecule has 4 N–H and O–H groups in total. The molecule has 76 valence electrons. The van der Waals surface area contributed by atoms with Gasteiger partial charge in [0, 0.05) is 12.5 Å². The molecule has 1 saturated carbocycles. The quantitative estimate of drug-likeness (QED) is 0.687. The average molecular weight is 184 g/mol. The molecule has 0 aliphatic heterocycles. The summed E-state index contributed by atoms with van der Waals surface area (Å²) >= 11 is 0. The molecule has 3 atom stereocenters. The van der Waals surface area contributed by atoms with Gasteiger partial charge >= 0.3 is 0 Å². The Balaban J connectivity index is 2.43. The van der Waals surface area contributed by atoms with E-state index in [1.54, 1.807) is 0 Å². The predicted molar refractivity (Wildman–Crippen MR) is 52.9 cm³/mol. The average Bonchev–Trinajstić information content (AvgIpc) is 2.03. The number of nitrogens with two attached hydrogens (primary N) is 2. The molecule has 0 aromatic carbocycles. The number of hydrogen-bond donors (Lipinski definition) is 2. The molecule has 13 heavy (non-hydrogen) atoms. The van der Waals surface area contributed by atoms with Crippen molar-refractivity contribution in [2.75, 3.05) is 0 Å². The van der Waals surface area contributed by atoms with Gasteiger partial charge in [0.15, 0.2) is 0 Å². The molecular weight excluding hydrogens is 164 g/mol. The SMILES string of the molecule is CC1CCCCC1[C@@H](N)CC(N)=O. The predicted octanol–water partition coefficient (Wildman–Crippen LogP) is 1.02. The normalized spacial score (nSPS) is 31.2. The molecule has 3 heteroatoms. The van der Waals surface area contributed by atoms with Crippen molar-refractivity contribution in [3.05, 3.63) is 0 Å². The van der Waals surface area contributed by atoms with Gasteiger partial charge in [0.1, 0.15) is 0 Å². The van der Waals surface area contributed by atoms with E-state index in [1.165, 1.54) is 19.3 Å². The Morgan fingerprint density at radius 1 is 1.46 bits per heavy atom. The Morgan fingerprint density at radius 2 is 2.08 bits per heavy atom. The van der Waals surface area contributed by atoms with Crippen LogP contribution in [0, 0.1) is 11.8 Å². The largest absolute Gasteiger partial charge is 0.370 e. The van der Waals surface area contributed by atoms with Gasteiger partial charge in [0.2, 0.25) is 5.91 Å². The van der Waals surface area contributed by atoms with Crippen LogP contribution in [0.5, 0.6) is 0 Å². The fourth-order valence-corrected chi connectivity index (χ4v) is 2.36. The van der Waals surface area contributed by atoms with Crippen LogP contribution >= 0.6 is 0 Å². The lowest BCUT2D eigenvalue weighted by Crippen LogP contribution is -2.39. The number of carbonyl (C=O) groups excluding carboxylic acids is 1. The Kier molecular flexibility index (Phi) is 3.72.